The van der Waals surface area contributed by atoms with Gasteiger partial charge >= 0.3 is 23.9 Å². The van der Waals surface area contributed by atoms with Gasteiger partial charge in [0.25, 0.3) is 0 Å². The van der Waals surface area contributed by atoms with Crippen LogP contribution in [0.15, 0.2) is 109 Å². The van der Waals surface area contributed by atoms with Gasteiger partial charge in [0.1, 0.15) is 23.0 Å². The van der Waals surface area contributed by atoms with E-state index in [0.29, 0.717) is 34.1 Å². The first-order valence-corrected chi connectivity index (χ1v) is 12.9. The highest BCUT2D eigenvalue weighted by molar-refractivity contribution is 6.15. The molecular formula is C34H18O8. The lowest BCUT2D eigenvalue weighted by molar-refractivity contribution is 0.0425. The fourth-order valence-electron chi connectivity index (χ4n) is 4.93. The average molecular weight is 555 g/mol. The molecule has 5 aromatic rings. The molecule has 2 aliphatic rings. The Kier molecular flexibility index (Phi) is 5.87. The Bertz CT molecular complexity index is 1800. The number of fused-ring (bicyclic) bond motifs is 2. The van der Waals surface area contributed by atoms with Crippen LogP contribution in [-0.2, 0) is 9.47 Å². The molecule has 202 valence electrons. The standard InChI is InChI=1S/C34H18O8/c35-31-23-13-11-21(15-27(23)33(37)41-31)39-29-18-26(20-9-5-2-6-10-20)30(17-25(29)19-7-3-1-4-8-19)40-22-12-14-24-28(16-22)34(38)42-32(24)36/h1-18H. The third kappa shape index (κ3) is 4.37. The lowest BCUT2D eigenvalue weighted by atomic mass is 9.97. The van der Waals surface area contributed by atoms with Gasteiger partial charge in [-0.2, -0.15) is 0 Å². The molecule has 5 aromatic carbocycles. The second-order valence-corrected chi connectivity index (χ2v) is 9.55. The second-order valence-electron chi connectivity index (χ2n) is 9.55. The molecule has 7 rings (SSSR count). The molecule has 2 aliphatic heterocycles. The number of hydrogen-bond donors (Lipinski definition) is 0. The van der Waals surface area contributed by atoms with Gasteiger partial charge in [-0.15, -0.1) is 0 Å². The lowest BCUT2D eigenvalue weighted by Gasteiger charge is -2.18. The van der Waals surface area contributed by atoms with Gasteiger partial charge in [-0.05, 0) is 59.7 Å². The van der Waals surface area contributed by atoms with Crippen LogP contribution < -0.4 is 9.47 Å². The monoisotopic (exact) mass is 554 g/mol. The van der Waals surface area contributed by atoms with Gasteiger partial charge in [0.2, 0.25) is 0 Å². The number of carbonyl (C=O) groups excluding carboxylic acids is 4. The third-order valence-electron chi connectivity index (χ3n) is 6.94. The van der Waals surface area contributed by atoms with E-state index in [2.05, 4.69) is 0 Å². The van der Waals surface area contributed by atoms with Crippen molar-refractivity contribution in [1.29, 1.82) is 0 Å². The van der Waals surface area contributed by atoms with Gasteiger partial charge in [-0.1, -0.05) is 60.7 Å². The maximum Gasteiger partial charge on any atom is 0.347 e. The number of carbonyl (C=O) groups is 4. The first-order valence-electron chi connectivity index (χ1n) is 12.9. The number of hydrogen-bond acceptors (Lipinski definition) is 8. The van der Waals surface area contributed by atoms with Crippen molar-refractivity contribution in [3.63, 3.8) is 0 Å². The fraction of sp³-hybridized carbons (Fsp3) is 0. The van der Waals surface area contributed by atoms with Crippen molar-refractivity contribution in [2.24, 2.45) is 0 Å². The van der Waals surface area contributed by atoms with Crippen LogP contribution in [0.2, 0.25) is 0 Å². The summed E-state index contributed by atoms with van der Waals surface area (Å²) in [6.07, 6.45) is 0. The Balaban J connectivity index is 1.37. The summed E-state index contributed by atoms with van der Waals surface area (Å²) in [4.78, 5) is 48.2. The largest absolute Gasteiger partial charge is 0.457 e. The fourth-order valence-corrected chi connectivity index (χ4v) is 4.93. The van der Waals surface area contributed by atoms with E-state index in [0.717, 1.165) is 11.1 Å². The Morgan fingerprint density at radius 2 is 0.762 bits per heavy atom. The van der Waals surface area contributed by atoms with Crippen molar-refractivity contribution in [2.75, 3.05) is 0 Å². The molecule has 0 amide bonds. The van der Waals surface area contributed by atoms with E-state index in [-0.39, 0.29) is 22.3 Å². The predicted molar refractivity (Wildman–Crippen MR) is 150 cm³/mol. The van der Waals surface area contributed by atoms with E-state index in [1.165, 1.54) is 24.3 Å². The van der Waals surface area contributed by atoms with E-state index < -0.39 is 23.9 Å². The summed E-state index contributed by atoms with van der Waals surface area (Å²) < 4.78 is 22.2. The molecule has 8 heteroatoms. The highest BCUT2D eigenvalue weighted by atomic mass is 16.6. The Morgan fingerprint density at radius 1 is 0.381 bits per heavy atom. The zero-order valence-corrected chi connectivity index (χ0v) is 21.7. The molecule has 0 aliphatic carbocycles. The molecule has 42 heavy (non-hydrogen) atoms. The molecule has 0 bridgehead atoms. The normalized spacial score (nSPS) is 13.3. The molecule has 0 N–H and O–H groups in total. The summed E-state index contributed by atoms with van der Waals surface area (Å²) in [5.41, 5.74) is 3.66. The predicted octanol–water partition coefficient (Wildman–Crippen LogP) is 7.23. The van der Waals surface area contributed by atoms with Gasteiger partial charge in [0.15, 0.2) is 0 Å². The number of ether oxygens (including phenoxy) is 4. The molecule has 0 aromatic heterocycles. The van der Waals surface area contributed by atoms with Gasteiger partial charge in [0, 0.05) is 11.1 Å². The molecule has 0 saturated carbocycles. The number of esters is 4. The van der Waals surface area contributed by atoms with Crippen molar-refractivity contribution >= 4 is 23.9 Å². The SMILES string of the molecule is O=C1OC(=O)c2cc(Oc3cc(-c4ccccc4)c(Oc4ccc5c(c4)C(=O)OC5=O)cc3-c3ccccc3)ccc21. The Labute approximate surface area is 238 Å². The molecule has 0 fully saturated rings. The minimum atomic E-state index is -0.725. The number of rotatable bonds is 6. The van der Waals surface area contributed by atoms with Gasteiger partial charge < -0.3 is 18.9 Å². The van der Waals surface area contributed by atoms with Crippen molar-refractivity contribution in [2.45, 2.75) is 0 Å². The van der Waals surface area contributed by atoms with E-state index in [1.807, 2.05) is 72.8 Å². The van der Waals surface area contributed by atoms with Crippen LogP contribution in [0.4, 0.5) is 0 Å². The van der Waals surface area contributed by atoms with Crippen LogP contribution in [0.1, 0.15) is 41.4 Å². The minimum absolute atomic E-state index is 0.135. The van der Waals surface area contributed by atoms with Crippen LogP contribution in [0.5, 0.6) is 23.0 Å². The summed E-state index contributed by atoms with van der Waals surface area (Å²) in [6.45, 7) is 0. The van der Waals surface area contributed by atoms with Gasteiger partial charge in [0.05, 0.1) is 22.3 Å². The molecule has 0 unspecified atom stereocenters. The summed E-state index contributed by atoms with van der Waals surface area (Å²) in [5, 5.41) is 0. The van der Waals surface area contributed by atoms with E-state index >= 15 is 0 Å². The minimum Gasteiger partial charge on any atom is -0.457 e. The van der Waals surface area contributed by atoms with Crippen LogP contribution in [0, 0.1) is 0 Å². The maximum atomic E-state index is 12.2. The number of cyclic esters (lactones) is 4. The molecule has 0 radical (unpaired) electrons. The van der Waals surface area contributed by atoms with E-state index in [9.17, 15) is 19.2 Å². The summed E-state index contributed by atoms with van der Waals surface area (Å²) in [5.74, 6) is -1.22. The van der Waals surface area contributed by atoms with E-state index in [1.54, 1.807) is 12.1 Å². The quantitative estimate of drug-likeness (QED) is 0.160. The van der Waals surface area contributed by atoms with Crippen LogP contribution in [0.25, 0.3) is 22.3 Å². The topological polar surface area (TPSA) is 105 Å². The van der Waals surface area contributed by atoms with Gasteiger partial charge in [-0.3, -0.25) is 0 Å². The molecule has 0 atom stereocenters. The summed E-state index contributed by atoms with van der Waals surface area (Å²) in [6, 6.07) is 31.9. The van der Waals surface area contributed by atoms with Crippen LogP contribution in [0.3, 0.4) is 0 Å². The Morgan fingerprint density at radius 3 is 1.17 bits per heavy atom. The molecule has 2 heterocycles. The summed E-state index contributed by atoms with van der Waals surface area (Å²) in [7, 11) is 0. The Hall–Kier alpha value is -6.02. The smallest absolute Gasteiger partial charge is 0.347 e. The maximum absolute atomic E-state index is 12.2. The van der Waals surface area contributed by atoms with Crippen LogP contribution in [-0.4, -0.2) is 23.9 Å². The number of benzene rings is 5. The van der Waals surface area contributed by atoms with Crippen molar-refractivity contribution < 1.29 is 38.1 Å². The summed E-state index contributed by atoms with van der Waals surface area (Å²) >= 11 is 0. The third-order valence-corrected chi connectivity index (χ3v) is 6.94. The van der Waals surface area contributed by atoms with Gasteiger partial charge in [-0.25, -0.2) is 19.2 Å². The highest BCUT2D eigenvalue weighted by Crippen LogP contribution is 2.44. The zero-order valence-electron chi connectivity index (χ0n) is 21.7. The van der Waals surface area contributed by atoms with Crippen molar-refractivity contribution in [1.82, 2.24) is 0 Å². The van der Waals surface area contributed by atoms with E-state index in [4.69, 9.17) is 18.9 Å². The molecule has 8 nitrogen and oxygen atoms in total. The molecule has 0 saturated heterocycles. The van der Waals surface area contributed by atoms with Crippen LogP contribution >= 0.6 is 0 Å². The first-order chi connectivity index (χ1) is 20.4. The highest BCUT2D eigenvalue weighted by Gasteiger charge is 2.31. The second kappa shape index (κ2) is 9.87. The molecule has 0 spiro atoms. The van der Waals surface area contributed by atoms with Crippen molar-refractivity contribution in [3.05, 3.63) is 131 Å². The molecular weight excluding hydrogens is 536 g/mol. The lowest BCUT2D eigenvalue weighted by Crippen LogP contribution is -1.97. The average Bonchev–Trinajstić information content (AvgIpc) is 3.46. The first kappa shape index (κ1) is 25.0. The zero-order chi connectivity index (χ0) is 28.8. The van der Waals surface area contributed by atoms with Crippen molar-refractivity contribution in [3.8, 4) is 45.3 Å².